The predicted octanol–water partition coefficient (Wildman–Crippen LogP) is 2.94. The smallest absolute Gasteiger partial charge is 0.290 e. The molecule has 1 atom stereocenters. The molecule has 1 unspecified atom stereocenters. The van der Waals surface area contributed by atoms with Crippen LogP contribution in [0, 0.1) is 0 Å². The third-order valence-electron chi connectivity index (χ3n) is 4.85. The number of aromatic nitrogens is 3. The van der Waals surface area contributed by atoms with Crippen LogP contribution in [0.2, 0.25) is 0 Å². The van der Waals surface area contributed by atoms with Gasteiger partial charge in [-0.2, -0.15) is 0 Å². The molecule has 30 heavy (non-hydrogen) atoms. The van der Waals surface area contributed by atoms with E-state index in [-0.39, 0.29) is 5.57 Å². The van der Waals surface area contributed by atoms with E-state index in [1.165, 1.54) is 23.3 Å². The van der Waals surface area contributed by atoms with E-state index in [0.717, 1.165) is 0 Å². The summed E-state index contributed by atoms with van der Waals surface area (Å²) < 4.78 is 7.11. The number of carbonyl (C=O) groups is 2. The first-order valence-corrected chi connectivity index (χ1v) is 9.52. The van der Waals surface area contributed by atoms with E-state index >= 15 is 0 Å². The quantitative estimate of drug-likeness (QED) is 0.579. The zero-order chi connectivity index (χ0) is 20.9. The van der Waals surface area contributed by atoms with Crippen LogP contribution in [-0.4, -0.2) is 42.8 Å². The van der Waals surface area contributed by atoms with Crippen molar-refractivity contribution < 1.29 is 19.1 Å². The largest absolute Gasteiger partial charge is 0.503 e. The Kier molecular flexibility index (Phi) is 5.56. The Labute approximate surface area is 172 Å². The number of amides is 1. The van der Waals surface area contributed by atoms with Crippen LogP contribution in [0.25, 0.3) is 6.08 Å². The molecule has 1 amide bonds. The summed E-state index contributed by atoms with van der Waals surface area (Å²) in [5, 5.41) is 10.5. The maximum Gasteiger partial charge on any atom is 0.290 e. The molecule has 8 nitrogen and oxygen atoms in total. The Balaban J connectivity index is 1.59. The molecule has 3 aromatic heterocycles. The van der Waals surface area contributed by atoms with E-state index in [1.54, 1.807) is 49.1 Å². The SMILES string of the molecule is O=C(/C=C/c1ccco1)C1=C(O)C(=O)N(CCCn2ccnc2)C1c1ccccn1. The summed E-state index contributed by atoms with van der Waals surface area (Å²) in [7, 11) is 0. The molecule has 0 aliphatic carbocycles. The van der Waals surface area contributed by atoms with Gasteiger partial charge in [-0.05, 0) is 42.8 Å². The van der Waals surface area contributed by atoms with Crippen LogP contribution in [0.3, 0.4) is 0 Å². The third-order valence-corrected chi connectivity index (χ3v) is 4.85. The number of imidazole rings is 1. The lowest BCUT2D eigenvalue weighted by molar-refractivity contribution is -0.129. The summed E-state index contributed by atoms with van der Waals surface area (Å²) in [5.74, 6) is -1.09. The highest BCUT2D eigenvalue weighted by molar-refractivity contribution is 6.14. The molecule has 152 valence electrons. The van der Waals surface area contributed by atoms with Gasteiger partial charge in [0.15, 0.2) is 11.5 Å². The van der Waals surface area contributed by atoms with Gasteiger partial charge in [0.05, 0.1) is 23.9 Å². The van der Waals surface area contributed by atoms with E-state index in [2.05, 4.69) is 9.97 Å². The second-order valence-corrected chi connectivity index (χ2v) is 6.79. The number of pyridine rings is 1. The highest BCUT2D eigenvalue weighted by Gasteiger charge is 2.43. The van der Waals surface area contributed by atoms with Crippen LogP contribution in [0.4, 0.5) is 0 Å². The van der Waals surface area contributed by atoms with Crippen LogP contribution in [0.5, 0.6) is 0 Å². The van der Waals surface area contributed by atoms with Crippen LogP contribution in [-0.2, 0) is 16.1 Å². The lowest BCUT2D eigenvalue weighted by atomic mass is 9.99. The number of aliphatic hydroxyl groups is 1. The fourth-order valence-corrected chi connectivity index (χ4v) is 3.46. The summed E-state index contributed by atoms with van der Waals surface area (Å²) in [6.45, 7) is 1.00. The number of aryl methyl sites for hydroxylation is 1. The Bertz CT molecular complexity index is 1070. The molecule has 8 heteroatoms. The number of carbonyl (C=O) groups excluding carboxylic acids is 2. The zero-order valence-corrected chi connectivity index (χ0v) is 16.1. The monoisotopic (exact) mass is 404 g/mol. The van der Waals surface area contributed by atoms with Crippen LogP contribution in [0.15, 0.2) is 83.3 Å². The molecule has 4 rings (SSSR count). The van der Waals surface area contributed by atoms with Crippen molar-refractivity contribution in [3.63, 3.8) is 0 Å². The summed E-state index contributed by atoms with van der Waals surface area (Å²) in [6.07, 6.45) is 11.7. The molecule has 0 radical (unpaired) electrons. The normalized spacial score (nSPS) is 16.7. The van der Waals surface area contributed by atoms with E-state index in [4.69, 9.17) is 4.42 Å². The number of hydrogen-bond donors (Lipinski definition) is 1. The minimum Gasteiger partial charge on any atom is -0.503 e. The maximum atomic E-state index is 12.9. The molecule has 4 heterocycles. The Hall–Kier alpha value is -3.94. The van der Waals surface area contributed by atoms with Crippen molar-refractivity contribution in [3.05, 3.63) is 90.4 Å². The summed E-state index contributed by atoms with van der Waals surface area (Å²) >= 11 is 0. The highest BCUT2D eigenvalue weighted by Crippen LogP contribution is 2.37. The molecule has 0 saturated heterocycles. The third kappa shape index (κ3) is 3.93. The van der Waals surface area contributed by atoms with Gasteiger partial charge in [0, 0.05) is 31.7 Å². The fraction of sp³-hybridized carbons (Fsp3) is 0.182. The molecule has 0 saturated carbocycles. The van der Waals surface area contributed by atoms with Crippen LogP contribution < -0.4 is 0 Å². The summed E-state index contributed by atoms with van der Waals surface area (Å²) in [6, 6.07) is 7.94. The van der Waals surface area contributed by atoms with Gasteiger partial charge in [-0.15, -0.1) is 0 Å². The molecule has 3 aromatic rings. The average molecular weight is 404 g/mol. The molecule has 0 aromatic carbocycles. The first-order chi connectivity index (χ1) is 14.6. The topological polar surface area (TPSA) is 101 Å². The Morgan fingerprint density at radius 2 is 2.10 bits per heavy atom. The van der Waals surface area contributed by atoms with Gasteiger partial charge < -0.3 is 19.0 Å². The summed E-state index contributed by atoms with van der Waals surface area (Å²) in [4.78, 5) is 35.5. The number of aliphatic hydroxyl groups excluding tert-OH is 1. The number of ketones is 1. The summed E-state index contributed by atoms with van der Waals surface area (Å²) in [5.41, 5.74) is 0.538. The minimum atomic E-state index is -0.754. The predicted molar refractivity (Wildman–Crippen MR) is 108 cm³/mol. The lowest BCUT2D eigenvalue weighted by Gasteiger charge is -2.25. The molecule has 1 aliphatic rings. The van der Waals surface area contributed by atoms with E-state index in [1.807, 2.05) is 10.8 Å². The highest BCUT2D eigenvalue weighted by atomic mass is 16.3. The molecular formula is C22H20N4O4. The number of furan rings is 1. The standard InChI is InChI=1S/C22H20N4O4/c27-18(8-7-16-5-3-14-30-16)19-20(17-6-1-2-9-24-17)26(22(29)21(19)28)12-4-11-25-13-10-23-15-25/h1-3,5-10,13-15,20,28H,4,11-12H2/b8-7+. The van der Waals surface area contributed by atoms with E-state index < -0.39 is 23.5 Å². The van der Waals surface area contributed by atoms with E-state index in [9.17, 15) is 14.7 Å². The molecular weight excluding hydrogens is 384 g/mol. The lowest BCUT2D eigenvalue weighted by Crippen LogP contribution is -2.33. The van der Waals surface area contributed by atoms with Crippen molar-refractivity contribution in [3.8, 4) is 0 Å². The first-order valence-electron chi connectivity index (χ1n) is 9.52. The van der Waals surface area contributed by atoms with Crippen LogP contribution >= 0.6 is 0 Å². The average Bonchev–Trinajstić information content (AvgIpc) is 3.51. The van der Waals surface area contributed by atoms with Crippen molar-refractivity contribution in [2.45, 2.75) is 19.0 Å². The minimum absolute atomic E-state index is 0.0177. The van der Waals surface area contributed by atoms with Gasteiger partial charge in [-0.25, -0.2) is 4.98 Å². The second kappa shape index (κ2) is 8.60. The van der Waals surface area contributed by atoms with Gasteiger partial charge in [-0.1, -0.05) is 6.07 Å². The Morgan fingerprint density at radius 3 is 2.80 bits per heavy atom. The fourth-order valence-electron chi connectivity index (χ4n) is 3.46. The molecule has 0 bridgehead atoms. The van der Waals surface area contributed by atoms with Crippen molar-refractivity contribution in [1.29, 1.82) is 0 Å². The van der Waals surface area contributed by atoms with Crippen molar-refractivity contribution in [2.24, 2.45) is 0 Å². The molecule has 1 aliphatic heterocycles. The van der Waals surface area contributed by atoms with Crippen molar-refractivity contribution >= 4 is 17.8 Å². The molecule has 0 fully saturated rings. The second-order valence-electron chi connectivity index (χ2n) is 6.79. The van der Waals surface area contributed by atoms with Crippen molar-refractivity contribution in [1.82, 2.24) is 19.4 Å². The molecule has 0 spiro atoms. The van der Waals surface area contributed by atoms with Gasteiger partial charge in [0.2, 0.25) is 0 Å². The van der Waals surface area contributed by atoms with Crippen LogP contribution in [0.1, 0.15) is 23.9 Å². The van der Waals surface area contributed by atoms with Gasteiger partial charge in [0.25, 0.3) is 5.91 Å². The first kappa shape index (κ1) is 19.4. The number of hydrogen-bond acceptors (Lipinski definition) is 6. The van der Waals surface area contributed by atoms with Gasteiger partial charge in [-0.3, -0.25) is 14.6 Å². The Morgan fingerprint density at radius 1 is 1.20 bits per heavy atom. The molecule has 1 N–H and O–H groups in total. The van der Waals surface area contributed by atoms with E-state index in [0.29, 0.717) is 31.0 Å². The number of nitrogens with zero attached hydrogens (tertiary/aromatic N) is 4. The number of allylic oxidation sites excluding steroid dienone is 1. The number of rotatable bonds is 8. The zero-order valence-electron chi connectivity index (χ0n) is 16.1. The van der Waals surface area contributed by atoms with Gasteiger partial charge >= 0.3 is 0 Å². The maximum absolute atomic E-state index is 12.9. The van der Waals surface area contributed by atoms with Crippen molar-refractivity contribution in [2.75, 3.05) is 6.54 Å². The van der Waals surface area contributed by atoms with Gasteiger partial charge in [0.1, 0.15) is 11.8 Å².